The second kappa shape index (κ2) is 4.37. The normalized spacial score (nSPS) is 29.9. The molecule has 0 amide bonds. The van der Waals surface area contributed by atoms with Crippen LogP contribution in [0.15, 0.2) is 18.5 Å². The molecule has 2 atom stereocenters. The molecule has 2 aliphatic rings. The molecule has 86 valence electrons. The number of fused-ring (bicyclic) bond motifs is 1. The Hall–Kier alpha value is -1.16. The van der Waals surface area contributed by atoms with Crippen molar-refractivity contribution in [3.05, 3.63) is 18.5 Å². The predicted octanol–water partition coefficient (Wildman–Crippen LogP) is 1.62. The summed E-state index contributed by atoms with van der Waals surface area (Å²) in [5, 5.41) is 0. The first-order chi connectivity index (χ1) is 7.95. The maximum Gasteiger partial charge on any atom is 0.225 e. The highest BCUT2D eigenvalue weighted by Gasteiger charge is 2.35. The summed E-state index contributed by atoms with van der Waals surface area (Å²) in [6.45, 7) is 1.73. The second-order valence-corrected chi connectivity index (χ2v) is 4.50. The van der Waals surface area contributed by atoms with Gasteiger partial charge in [0.15, 0.2) is 0 Å². The van der Waals surface area contributed by atoms with E-state index in [-0.39, 0.29) is 0 Å². The molecular formula is C12H17N3O. The standard InChI is InChI=1S/C12H17N3O/c1-2-5-11-10(4-1)15(8-9-16-11)12-13-6-3-7-14-12/h3,6-7,10-11H,1-2,4-5,8-9H2/t10-,11+/m0/s1. The molecular weight excluding hydrogens is 202 g/mol. The number of ether oxygens (including phenoxy) is 1. The highest BCUT2D eigenvalue weighted by atomic mass is 16.5. The van der Waals surface area contributed by atoms with Crippen LogP contribution in [0.1, 0.15) is 25.7 Å². The van der Waals surface area contributed by atoms with E-state index in [4.69, 9.17) is 4.74 Å². The van der Waals surface area contributed by atoms with E-state index in [0.717, 1.165) is 19.1 Å². The van der Waals surface area contributed by atoms with Crippen molar-refractivity contribution in [1.29, 1.82) is 0 Å². The molecule has 1 aromatic heterocycles. The average Bonchev–Trinajstić information content (AvgIpc) is 2.39. The summed E-state index contributed by atoms with van der Waals surface area (Å²) in [7, 11) is 0. The fourth-order valence-corrected chi connectivity index (χ4v) is 2.78. The van der Waals surface area contributed by atoms with E-state index in [9.17, 15) is 0 Å². The number of aromatic nitrogens is 2. The third-order valence-electron chi connectivity index (χ3n) is 3.54. The highest BCUT2D eigenvalue weighted by Crippen LogP contribution is 2.30. The van der Waals surface area contributed by atoms with E-state index < -0.39 is 0 Å². The van der Waals surface area contributed by atoms with Crippen LogP contribution in [0.2, 0.25) is 0 Å². The SMILES string of the molecule is c1cnc(N2CCO[C@@H]3CCCC[C@@H]32)nc1. The average molecular weight is 219 g/mol. The van der Waals surface area contributed by atoms with E-state index >= 15 is 0 Å². The van der Waals surface area contributed by atoms with E-state index in [2.05, 4.69) is 14.9 Å². The molecule has 1 saturated carbocycles. The van der Waals surface area contributed by atoms with Gasteiger partial charge in [0.2, 0.25) is 5.95 Å². The van der Waals surface area contributed by atoms with Crippen molar-refractivity contribution >= 4 is 5.95 Å². The van der Waals surface area contributed by atoms with Gasteiger partial charge >= 0.3 is 0 Å². The van der Waals surface area contributed by atoms with Crippen LogP contribution in [-0.2, 0) is 4.74 Å². The van der Waals surface area contributed by atoms with Crippen LogP contribution >= 0.6 is 0 Å². The zero-order valence-electron chi connectivity index (χ0n) is 9.38. The summed E-state index contributed by atoms with van der Waals surface area (Å²) in [6, 6.07) is 2.35. The van der Waals surface area contributed by atoms with Gasteiger partial charge in [-0.25, -0.2) is 9.97 Å². The van der Waals surface area contributed by atoms with Gasteiger partial charge in [-0.3, -0.25) is 0 Å². The molecule has 0 spiro atoms. The van der Waals surface area contributed by atoms with Gasteiger partial charge in [0.25, 0.3) is 0 Å². The van der Waals surface area contributed by atoms with Crippen molar-refractivity contribution in [3.8, 4) is 0 Å². The molecule has 0 radical (unpaired) electrons. The fraction of sp³-hybridized carbons (Fsp3) is 0.667. The van der Waals surface area contributed by atoms with Crippen LogP contribution < -0.4 is 4.90 Å². The van der Waals surface area contributed by atoms with Crippen LogP contribution in [0.5, 0.6) is 0 Å². The summed E-state index contributed by atoms with van der Waals surface area (Å²) in [6.07, 6.45) is 9.02. The molecule has 1 aliphatic carbocycles. The predicted molar refractivity (Wildman–Crippen MR) is 61.4 cm³/mol. The number of hydrogen-bond acceptors (Lipinski definition) is 4. The number of nitrogens with zero attached hydrogens (tertiary/aromatic N) is 3. The summed E-state index contributed by atoms with van der Waals surface area (Å²) in [5.74, 6) is 0.864. The van der Waals surface area contributed by atoms with Gasteiger partial charge in [-0.15, -0.1) is 0 Å². The van der Waals surface area contributed by atoms with Crippen LogP contribution in [0.25, 0.3) is 0 Å². The molecule has 2 fully saturated rings. The monoisotopic (exact) mass is 219 g/mol. The minimum absolute atomic E-state index is 0.395. The second-order valence-electron chi connectivity index (χ2n) is 4.50. The number of hydrogen-bond donors (Lipinski definition) is 0. The van der Waals surface area contributed by atoms with Crippen LogP contribution in [0.4, 0.5) is 5.95 Å². The summed E-state index contributed by atoms with van der Waals surface area (Å²) in [4.78, 5) is 11.0. The van der Waals surface area contributed by atoms with E-state index in [0.29, 0.717) is 12.1 Å². The van der Waals surface area contributed by atoms with Crippen molar-refractivity contribution in [1.82, 2.24) is 9.97 Å². The van der Waals surface area contributed by atoms with Crippen molar-refractivity contribution in [2.75, 3.05) is 18.1 Å². The van der Waals surface area contributed by atoms with Crippen LogP contribution in [0.3, 0.4) is 0 Å². The Bertz CT molecular complexity index is 341. The third-order valence-corrected chi connectivity index (χ3v) is 3.54. The minimum atomic E-state index is 0.395. The van der Waals surface area contributed by atoms with Gasteiger partial charge in [-0.1, -0.05) is 12.8 Å². The molecule has 2 heterocycles. The van der Waals surface area contributed by atoms with Gasteiger partial charge in [-0.05, 0) is 18.9 Å². The Labute approximate surface area is 95.7 Å². The van der Waals surface area contributed by atoms with Crippen molar-refractivity contribution < 1.29 is 4.74 Å². The minimum Gasteiger partial charge on any atom is -0.374 e. The van der Waals surface area contributed by atoms with Crippen molar-refractivity contribution in [2.45, 2.75) is 37.8 Å². The van der Waals surface area contributed by atoms with Crippen molar-refractivity contribution in [3.63, 3.8) is 0 Å². The zero-order chi connectivity index (χ0) is 10.8. The molecule has 1 aliphatic heterocycles. The fourth-order valence-electron chi connectivity index (χ4n) is 2.78. The Balaban J connectivity index is 1.83. The molecule has 0 N–H and O–H groups in total. The zero-order valence-corrected chi connectivity index (χ0v) is 9.38. The Morgan fingerprint density at radius 1 is 1.19 bits per heavy atom. The number of morpholine rings is 1. The Morgan fingerprint density at radius 3 is 2.88 bits per heavy atom. The summed E-state index contributed by atoms with van der Waals surface area (Å²) in [5.41, 5.74) is 0. The van der Waals surface area contributed by atoms with Gasteiger partial charge in [-0.2, -0.15) is 0 Å². The Kier molecular flexibility index (Phi) is 2.74. The van der Waals surface area contributed by atoms with E-state index in [1.165, 1.54) is 25.7 Å². The molecule has 0 aromatic carbocycles. The summed E-state index contributed by atoms with van der Waals surface area (Å²) >= 11 is 0. The maximum atomic E-state index is 5.84. The third kappa shape index (κ3) is 1.78. The van der Waals surface area contributed by atoms with Gasteiger partial charge in [0.1, 0.15) is 0 Å². The van der Waals surface area contributed by atoms with Gasteiger partial charge in [0, 0.05) is 18.9 Å². The topological polar surface area (TPSA) is 38.2 Å². The first-order valence-corrected chi connectivity index (χ1v) is 6.10. The lowest BCUT2D eigenvalue weighted by Crippen LogP contribution is -2.53. The van der Waals surface area contributed by atoms with Crippen LogP contribution in [0, 0.1) is 0 Å². The molecule has 3 rings (SSSR count). The highest BCUT2D eigenvalue weighted by molar-refractivity contribution is 5.32. The molecule has 0 bridgehead atoms. The molecule has 16 heavy (non-hydrogen) atoms. The maximum absolute atomic E-state index is 5.84. The largest absolute Gasteiger partial charge is 0.374 e. The Morgan fingerprint density at radius 2 is 2.00 bits per heavy atom. The number of rotatable bonds is 1. The first kappa shape index (κ1) is 10.0. The molecule has 4 nitrogen and oxygen atoms in total. The lowest BCUT2D eigenvalue weighted by Gasteiger charge is -2.43. The van der Waals surface area contributed by atoms with Crippen molar-refractivity contribution in [2.24, 2.45) is 0 Å². The smallest absolute Gasteiger partial charge is 0.225 e. The molecule has 0 unspecified atom stereocenters. The lowest BCUT2D eigenvalue weighted by molar-refractivity contribution is -0.00932. The van der Waals surface area contributed by atoms with E-state index in [1.807, 2.05) is 18.5 Å². The van der Waals surface area contributed by atoms with Crippen LogP contribution in [-0.4, -0.2) is 35.3 Å². The van der Waals surface area contributed by atoms with Gasteiger partial charge < -0.3 is 9.64 Å². The number of anilines is 1. The first-order valence-electron chi connectivity index (χ1n) is 6.10. The molecule has 4 heteroatoms. The molecule has 1 saturated heterocycles. The quantitative estimate of drug-likeness (QED) is 0.719. The van der Waals surface area contributed by atoms with Gasteiger partial charge in [0.05, 0.1) is 18.8 Å². The lowest BCUT2D eigenvalue weighted by atomic mass is 9.90. The van der Waals surface area contributed by atoms with E-state index in [1.54, 1.807) is 0 Å². The summed E-state index contributed by atoms with van der Waals surface area (Å²) < 4.78 is 5.84. The molecule has 1 aromatic rings.